The molecule has 3 rings (SSSR count). The maximum Gasteiger partial charge on any atom is 0.0140 e. The van der Waals surface area contributed by atoms with Crippen LogP contribution in [0.15, 0.2) is 47.8 Å². The van der Waals surface area contributed by atoms with Gasteiger partial charge in [-0.2, -0.15) is 0 Å². The number of rotatable bonds is 5. The molecular weight excluding hydrogens is 250 g/mol. The van der Waals surface area contributed by atoms with Gasteiger partial charge in [0, 0.05) is 16.3 Å². The minimum atomic E-state index is 0.249. The molecule has 1 aromatic heterocycles. The van der Waals surface area contributed by atoms with Gasteiger partial charge in [0.15, 0.2) is 0 Å². The zero-order chi connectivity index (χ0) is 13.1. The number of aryl methyl sites for hydroxylation is 1. The number of hydrogen-bond acceptors (Lipinski definition) is 2. The minimum absolute atomic E-state index is 0.249. The summed E-state index contributed by atoms with van der Waals surface area (Å²) in [7, 11) is 0. The van der Waals surface area contributed by atoms with Crippen LogP contribution >= 0.6 is 11.3 Å². The van der Waals surface area contributed by atoms with Crippen LogP contribution < -0.4 is 5.73 Å². The van der Waals surface area contributed by atoms with Gasteiger partial charge in [-0.15, -0.1) is 11.3 Å². The van der Waals surface area contributed by atoms with Gasteiger partial charge in [0.05, 0.1) is 0 Å². The molecule has 2 heteroatoms. The van der Waals surface area contributed by atoms with Crippen LogP contribution in [0.2, 0.25) is 0 Å². The molecule has 1 aliphatic rings. The molecule has 1 aromatic carbocycles. The van der Waals surface area contributed by atoms with E-state index in [4.69, 9.17) is 5.73 Å². The van der Waals surface area contributed by atoms with Gasteiger partial charge in [0.25, 0.3) is 0 Å². The Morgan fingerprint density at radius 1 is 1.11 bits per heavy atom. The molecule has 2 aromatic rings. The summed E-state index contributed by atoms with van der Waals surface area (Å²) in [4.78, 5) is 1.46. The van der Waals surface area contributed by atoms with Crippen LogP contribution in [0.25, 0.3) is 0 Å². The van der Waals surface area contributed by atoms with Gasteiger partial charge in [0.2, 0.25) is 0 Å². The van der Waals surface area contributed by atoms with E-state index in [1.807, 2.05) is 11.3 Å². The Morgan fingerprint density at radius 3 is 2.47 bits per heavy atom. The van der Waals surface area contributed by atoms with E-state index in [1.165, 1.54) is 29.7 Å². The Labute approximate surface area is 119 Å². The Bertz CT molecular complexity index is 499. The number of benzene rings is 1. The molecule has 0 saturated heterocycles. The van der Waals surface area contributed by atoms with Crippen LogP contribution in [0.1, 0.15) is 36.1 Å². The van der Waals surface area contributed by atoms with E-state index < -0.39 is 0 Å². The lowest BCUT2D eigenvalue weighted by molar-refractivity contribution is 0.189. The highest BCUT2D eigenvalue weighted by molar-refractivity contribution is 7.09. The molecule has 1 saturated carbocycles. The van der Waals surface area contributed by atoms with Gasteiger partial charge in [0.1, 0.15) is 0 Å². The average Bonchev–Trinajstić information content (AvgIpc) is 2.89. The standard InChI is InChI=1S/C17H21NS/c18-16(10-9-15-8-4-13-19-15)17(11-5-12-17)14-6-2-1-3-7-14/h1-4,6-8,13,16H,5,9-12,18H2. The zero-order valence-corrected chi connectivity index (χ0v) is 12.0. The molecule has 0 radical (unpaired) electrons. The third kappa shape index (κ3) is 2.47. The van der Waals surface area contributed by atoms with Crippen molar-refractivity contribution in [2.45, 2.75) is 43.6 Å². The fourth-order valence-electron chi connectivity index (χ4n) is 3.23. The van der Waals surface area contributed by atoms with E-state index in [9.17, 15) is 0 Å². The Balaban J connectivity index is 1.71. The topological polar surface area (TPSA) is 26.0 Å². The molecule has 0 spiro atoms. The first-order valence-corrected chi connectivity index (χ1v) is 8.03. The number of nitrogens with two attached hydrogens (primary N) is 1. The third-order valence-electron chi connectivity index (χ3n) is 4.59. The summed E-state index contributed by atoms with van der Waals surface area (Å²) in [5, 5.41) is 2.15. The van der Waals surface area contributed by atoms with Crippen molar-refractivity contribution >= 4 is 11.3 Å². The smallest absolute Gasteiger partial charge is 0.0140 e. The zero-order valence-electron chi connectivity index (χ0n) is 11.2. The third-order valence-corrected chi connectivity index (χ3v) is 5.52. The Kier molecular flexibility index (Phi) is 3.72. The maximum absolute atomic E-state index is 6.57. The summed E-state index contributed by atoms with van der Waals surface area (Å²) in [6, 6.07) is 15.5. The minimum Gasteiger partial charge on any atom is -0.327 e. The quantitative estimate of drug-likeness (QED) is 0.869. The van der Waals surface area contributed by atoms with Gasteiger partial charge in [-0.25, -0.2) is 0 Å². The molecule has 19 heavy (non-hydrogen) atoms. The first-order valence-electron chi connectivity index (χ1n) is 7.15. The molecule has 0 aliphatic heterocycles. The van der Waals surface area contributed by atoms with Crippen molar-refractivity contribution in [1.82, 2.24) is 0 Å². The SMILES string of the molecule is NC(CCc1cccs1)C1(c2ccccc2)CCC1. The average molecular weight is 271 g/mol. The molecule has 1 unspecified atom stereocenters. The van der Waals surface area contributed by atoms with Crippen molar-refractivity contribution in [2.75, 3.05) is 0 Å². The summed E-state index contributed by atoms with van der Waals surface area (Å²) in [5.41, 5.74) is 8.26. The van der Waals surface area contributed by atoms with Crippen LogP contribution in [0.3, 0.4) is 0 Å². The monoisotopic (exact) mass is 271 g/mol. The predicted molar refractivity (Wildman–Crippen MR) is 82.6 cm³/mol. The van der Waals surface area contributed by atoms with Crippen molar-refractivity contribution in [2.24, 2.45) is 5.73 Å². The first-order chi connectivity index (χ1) is 9.31. The highest BCUT2D eigenvalue weighted by Crippen LogP contribution is 2.46. The van der Waals surface area contributed by atoms with E-state index >= 15 is 0 Å². The van der Waals surface area contributed by atoms with E-state index in [0.29, 0.717) is 0 Å². The van der Waals surface area contributed by atoms with Crippen LogP contribution in [0.5, 0.6) is 0 Å². The molecule has 1 heterocycles. The van der Waals surface area contributed by atoms with Gasteiger partial charge in [-0.1, -0.05) is 42.8 Å². The van der Waals surface area contributed by atoms with Crippen molar-refractivity contribution in [3.63, 3.8) is 0 Å². The predicted octanol–water partition coefficient (Wildman–Crippen LogP) is 4.13. The normalized spacial score (nSPS) is 18.8. The second-order valence-corrected chi connectivity index (χ2v) is 6.63. The molecule has 1 fully saturated rings. The van der Waals surface area contributed by atoms with Crippen LogP contribution in [0, 0.1) is 0 Å². The summed E-state index contributed by atoms with van der Waals surface area (Å²) in [5.74, 6) is 0. The van der Waals surface area contributed by atoms with E-state index in [-0.39, 0.29) is 11.5 Å². The molecule has 0 amide bonds. The molecule has 1 aliphatic carbocycles. The fraction of sp³-hybridized carbons (Fsp3) is 0.412. The van der Waals surface area contributed by atoms with Crippen molar-refractivity contribution in [3.05, 3.63) is 58.3 Å². The summed E-state index contributed by atoms with van der Waals surface area (Å²) in [6.07, 6.45) is 6.04. The second-order valence-electron chi connectivity index (χ2n) is 5.60. The fourth-order valence-corrected chi connectivity index (χ4v) is 3.95. The highest BCUT2D eigenvalue weighted by Gasteiger charge is 2.43. The maximum atomic E-state index is 6.57. The molecule has 0 bridgehead atoms. The van der Waals surface area contributed by atoms with E-state index in [0.717, 1.165) is 12.8 Å². The first kappa shape index (κ1) is 12.9. The number of thiophene rings is 1. The van der Waals surface area contributed by atoms with Gasteiger partial charge < -0.3 is 5.73 Å². The van der Waals surface area contributed by atoms with Gasteiger partial charge in [-0.3, -0.25) is 0 Å². The lowest BCUT2D eigenvalue weighted by atomic mass is 9.59. The van der Waals surface area contributed by atoms with Crippen LogP contribution in [0.4, 0.5) is 0 Å². The molecule has 1 nitrogen and oxygen atoms in total. The molecular formula is C17H21NS. The van der Waals surface area contributed by atoms with Crippen molar-refractivity contribution in [1.29, 1.82) is 0 Å². The van der Waals surface area contributed by atoms with E-state index in [1.54, 1.807) is 0 Å². The van der Waals surface area contributed by atoms with Crippen molar-refractivity contribution < 1.29 is 0 Å². The van der Waals surface area contributed by atoms with Crippen LogP contribution in [-0.2, 0) is 11.8 Å². The summed E-state index contributed by atoms with van der Waals surface area (Å²) < 4.78 is 0. The largest absolute Gasteiger partial charge is 0.327 e. The summed E-state index contributed by atoms with van der Waals surface area (Å²) >= 11 is 1.84. The number of hydrogen-bond donors (Lipinski definition) is 1. The molecule has 2 N–H and O–H groups in total. The van der Waals surface area contributed by atoms with Crippen LogP contribution in [-0.4, -0.2) is 6.04 Å². The Hall–Kier alpha value is -1.12. The molecule has 100 valence electrons. The van der Waals surface area contributed by atoms with Gasteiger partial charge >= 0.3 is 0 Å². The highest BCUT2D eigenvalue weighted by atomic mass is 32.1. The summed E-state index contributed by atoms with van der Waals surface area (Å²) in [6.45, 7) is 0. The van der Waals surface area contributed by atoms with E-state index in [2.05, 4.69) is 47.8 Å². The molecule has 1 atom stereocenters. The lowest BCUT2D eigenvalue weighted by Gasteiger charge is -2.47. The Morgan fingerprint density at radius 2 is 1.89 bits per heavy atom. The van der Waals surface area contributed by atoms with Crippen molar-refractivity contribution in [3.8, 4) is 0 Å². The lowest BCUT2D eigenvalue weighted by Crippen LogP contribution is -2.50. The second kappa shape index (κ2) is 5.48. The van der Waals surface area contributed by atoms with Gasteiger partial charge in [-0.05, 0) is 42.7 Å².